The number of anilines is 1. The van der Waals surface area contributed by atoms with E-state index in [-0.39, 0.29) is 16.3 Å². The fourth-order valence-electron chi connectivity index (χ4n) is 2.90. The third kappa shape index (κ3) is 4.47. The number of ether oxygens (including phenoxy) is 1. The van der Waals surface area contributed by atoms with E-state index in [2.05, 4.69) is 33.4 Å². The van der Waals surface area contributed by atoms with Gasteiger partial charge in [0.2, 0.25) is 5.13 Å². The molecule has 1 aliphatic rings. The van der Waals surface area contributed by atoms with Crippen molar-refractivity contribution in [3.05, 3.63) is 57.0 Å². The van der Waals surface area contributed by atoms with Crippen molar-refractivity contribution in [1.29, 1.82) is 5.26 Å². The summed E-state index contributed by atoms with van der Waals surface area (Å²) in [6.07, 6.45) is 3.76. The number of nitrogens with zero attached hydrogens (tertiary/aromatic N) is 4. The lowest BCUT2D eigenvalue weighted by molar-refractivity contribution is 0.102. The zero-order valence-electron chi connectivity index (χ0n) is 16.8. The minimum absolute atomic E-state index is 0.136. The lowest BCUT2D eigenvalue weighted by Gasteiger charge is -2.14. The van der Waals surface area contributed by atoms with Gasteiger partial charge in [-0.2, -0.15) is 5.26 Å². The average Bonchev–Trinajstić information content (AvgIpc) is 3.51. The maximum atomic E-state index is 13.0. The number of benzene rings is 1. The molecule has 1 saturated carbocycles. The number of hydrogen-bond acceptors (Lipinski definition) is 7. The number of hydrogen-bond donors (Lipinski definition) is 1. The van der Waals surface area contributed by atoms with Crippen molar-refractivity contribution >= 4 is 22.4 Å². The van der Waals surface area contributed by atoms with Crippen LogP contribution < -0.4 is 15.6 Å². The van der Waals surface area contributed by atoms with Crippen LogP contribution in [-0.4, -0.2) is 27.8 Å². The van der Waals surface area contributed by atoms with Crippen LogP contribution in [0.15, 0.2) is 35.3 Å². The van der Waals surface area contributed by atoms with E-state index in [1.54, 1.807) is 31.4 Å². The van der Waals surface area contributed by atoms with Gasteiger partial charge in [0.15, 0.2) is 5.01 Å². The molecule has 3 aromatic rings. The molecule has 4 rings (SSSR count). The summed E-state index contributed by atoms with van der Waals surface area (Å²) in [7, 11) is 3.09. The Morgan fingerprint density at radius 2 is 2.10 bits per heavy atom. The van der Waals surface area contributed by atoms with Gasteiger partial charge in [0.05, 0.1) is 24.3 Å². The molecule has 2 heterocycles. The zero-order chi connectivity index (χ0) is 22.0. The van der Waals surface area contributed by atoms with Gasteiger partial charge in [-0.1, -0.05) is 17.3 Å². The van der Waals surface area contributed by atoms with E-state index in [0.717, 1.165) is 12.8 Å². The number of carbonyl (C=O) groups is 1. The Labute approximate surface area is 182 Å². The van der Waals surface area contributed by atoms with Crippen LogP contribution in [0.1, 0.15) is 33.8 Å². The summed E-state index contributed by atoms with van der Waals surface area (Å²) in [5, 5.41) is 20.7. The molecule has 0 atom stereocenters. The minimum atomic E-state index is -0.519. The normalized spacial score (nSPS) is 12.4. The van der Waals surface area contributed by atoms with Crippen molar-refractivity contribution < 1.29 is 9.53 Å². The Bertz CT molecular complexity index is 1340. The second-order valence-corrected chi connectivity index (χ2v) is 7.96. The van der Waals surface area contributed by atoms with E-state index in [9.17, 15) is 14.9 Å². The van der Waals surface area contributed by atoms with E-state index in [0.29, 0.717) is 33.4 Å². The highest BCUT2D eigenvalue weighted by molar-refractivity contribution is 7.15. The Kier molecular flexibility index (Phi) is 5.52. The first kappa shape index (κ1) is 20.3. The number of amides is 1. The van der Waals surface area contributed by atoms with Gasteiger partial charge >= 0.3 is 0 Å². The van der Waals surface area contributed by atoms with E-state index >= 15 is 0 Å². The Morgan fingerprint density at radius 1 is 1.29 bits per heavy atom. The predicted molar refractivity (Wildman–Crippen MR) is 116 cm³/mol. The molecule has 0 spiro atoms. The number of aromatic nitrogens is 3. The molecule has 154 valence electrons. The molecule has 1 aromatic carbocycles. The molecule has 1 N–H and O–H groups in total. The molecule has 8 nitrogen and oxygen atoms in total. The second kappa shape index (κ2) is 8.42. The van der Waals surface area contributed by atoms with Crippen molar-refractivity contribution in [3.63, 3.8) is 0 Å². The van der Waals surface area contributed by atoms with E-state index < -0.39 is 5.91 Å². The maximum Gasteiger partial charge on any atom is 0.258 e. The fraction of sp³-hybridized carbons (Fsp3) is 0.227. The van der Waals surface area contributed by atoms with Crippen molar-refractivity contribution in [2.75, 3.05) is 12.4 Å². The molecule has 1 amide bonds. The number of carbonyl (C=O) groups excluding carboxylic acids is 1. The minimum Gasteiger partial charge on any atom is -0.496 e. The molecule has 9 heteroatoms. The Morgan fingerprint density at radius 3 is 2.81 bits per heavy atom. The number of nitrogens with one attached hydrogen (secondary N) is 1. The van der Waals surface area contributed by atoms with E-state index in [1.165, 1.54) is 29.1 Å². The Balaban J connectivity index is 1.71. The summed E-state index contributed by atoms with van der Waals surface area (Å²) < 4.78 is 6.78. The number of methoxy groups -OCH3 is 1. The lowest BCUT2D eigenvalue weighted by Crippen LogP contribution is -2.21. The van der Waals surface area contributed by atoms with Gasteiger partial charge in [-0.3, -0.25) is 14.9 Å². The van der Waals surface area contributed by atoms with Crippen LogP contribution >= 0.6 is 11.3 Å². The van der Waals surface area contributed by atoms with Crippen LogP contribution in [0, 0.1) is 29.1 Å². The number of pyridine rings is 1. The highest BCUT2D eigenvalue weighted by Gasteiger charge is 2.20. The number of rotatable bonds is 4. The highest BCUT2D eigenvalue weighted by Crippen LogP contribution is 2.33. The first-order chi connectivity index (χ1) is 15.0. The molecule has 2 aromatic heterocycles. The SMILES string of the molecule is COc1ccc(C#N)cc1-c1cn(C)c(=O)cc1C(=O)Nc1nnc(C#CC2CC2)s1. The molecule has 1 aliphatic carbocycles. The van der Waals surface area contributed by atoms with Gasteiger partial charge in [-0.25, -0.2) is 0 Å². The molecule has 0 radical (unpaired) electrons. The van der Waals surface area contributed by atoms with Gasteiger partial charge in [-0.05, 0) is 37.0 Å². The molecular formula is C22H17N5O3S. The molecule has 0 bridgehead atoms. The van der Waals surface area contributed by atoms with Gasteiger partial charge in [0.1, 0.15) is 5.75 Å². The summed E-state index contributed by atoms with van der Waals surface area (Å²) in [5.41, 5.74) is 1.16. The van der Waals surface area contributed by atoms with Crippen LogP contribution in [-0.2, 0) is 7.05 Å². The van der Waals surface area contributed by atoms with Gasteiger partial charge in [0, 0.05) is 36.4 Å². The summed E-state index contributed by atoms with van der Waals surface area (Å²) in [6.45, 7) is 0. The summed E-state index contributed by atoms with van der Waals surface area (Å²) >= 11 is 1.17. The third-order valence-electron chi connectivity index (χ3n) is 4.70. The molecule has 31 heavy (non-hydrogen) atoms. The molecule has 0 unspecified atom stereocenters. The summed E-state index contributed by atoms with van der Waals surface area (Å²) in [4.78, 5) is 25.3. The van der Waals surface area contributed by atoms with Gasteiger partial charge in [-0.15, -0.1) is 10.2 Å². The first-order valence-electron chi connectivity index (χ1n) is 9.44. The van der Waals surface area contributed by atoms with Crippen LogP contribution in [0.3, 0.4) is 0 Å². The molecular weight excluding hydrogens is 414 g/mol. The van der Waals surface area contributed by atoms with E-state index in [4.69, 9.17) is 4.74 Å². The Hall–Kier alpha value is -3.95. The van der Waals surface area contributed by atoms with Crippen molar-refractivity contribution in [2.45, 2.75) is 12.8 Å². The standard InChI is InChI=1S/C22H17N5O3S/c1-27-12-17(15-9-14(11-23)5-7-18(15)30-2)16(10-20(27)28)21(29)24-22-26-25-19(31-22)8-6-13-3-4-13/h5,7,9-10,12-13H,3-4H2,1-2H3,(H,24,26,29). The number of aryl methyl sites for hydroxylation is 1. The summed E-state index contributed by atoms with van der Waals surface area (Å²) in [6, 6.07) is 8.21. The quantitative estimate of drug-likeness (QED) is 0.636. The second-order valence-electron chi connectivity index (χ2n) is 6.99. The van der Waals surface area contributed by atoms with Crippen LogP contribution in [0.5, 0.6) is 5.75 Å². The zero-order valence-corrected chi connectivity index (χ0v) is 17.6. The van der Waals surface area contributed by atoms with Gasteiger partial charge < -0.3 is 9.30 Å². The monoisotopic (exact) mass is 431 g/mol. The number of nitriles is 1. The van der Waals surface area contributed by atoms with Crippen LogP contribution in [0.4, 0.5) is 5.13 Å². The smallest absolute Gasteiger partial charge is 0.258 e. The largest absolute Gasteiger partial charge is 0.496 e. The van der Waals surface area contributed by atoms with E-state index in [1.807, 2.05) is 0 Å². The highest BCUT2D eigenvalue weighted by atomic mass is 32.1. The van der Waals surface area contributed by atoms with Crippen molar-refractivity contribution in [3.8, 4) is 34.8 Å². The average molecular weight is 431 g/mol. The lowest BCUT2D eigenvalue weighted by atomic mass is 9.98. The van der Waals surface area contributed by atoms with Crippen LogP contribution in [0.25, 0.3) is 11.1 Å². The predicted octanol–water partition coefficient (Wildman–Crippen LogP) is 2.80. The maximum absolute atomic E-state index is 13.0. The first-order valence-corrected chi connectivity index (χ1v) is 10.3. The molecule has 1 fully saturated rings. The third-order valence-corrected chi connectivity index (χ3v) is 5.45. The molecule has 0 aliphatic heterocycles. The van der Waals surface area contributed by atoms with Crippen molar-refractivity contribution in [2.24, 2.45) is 13.0 Å². The summed E-state index contributed by atoms with van der Waals surface area (Å²) in [5.74, 6) is 6.45. The van der Waals surface area contributed by atoms with Gasteiger partial charge in [0.25, 0.3) is 11.5 Å². The topological polar surface area (TPSA) is 110 Å². The molecule has 0 saturated heterocycles. The fourth-order valence-corrected chi connectivity index (χ4v) is 3.50. The van der Waals surface area contributed by atoms with Crippen molar-refractivity contribution in [1.82, 2.24) is 14.8 Å². The van der Waals surface area contributed by atoms with Crippen LogP contribution in [0.2, 0.25) is 0 Å².